The van der Waals surface area contributed by atoms with Gasteiger partial charge in [0.25, 0.3) is 0 Å². The van der Waals surface area contributed by atoms with E-state index in [2.05, 4.69) is 5.92 Å². The maximum atomic E-state index is 5.17. The van der Waals surface area contributed by atoms with Gasteiger partial charge in [0.2, 0.25) is 0 Å². The van der Waals surface area contributed by atoms with E-state index in [1.807, 2.05) is 0 Å². The Labute approximate surface area is 67.2 Å². The van der Waals surface area contributed by atoms with E-state index in [4.69, 9.17) is 6.42 Å². The van der Waals surface area contributed by atoms with Crippen LogP contribution in [0, 0.1) is 12.3 Å². The van der Waals surface area contributed by atoms with Gasteiger partial charge in [-0.15, -0.1) is 6.42 Å². The minimum absolute atomic E-state index is 0. The van der Waals surface area contributed by atoms with Crippen LogP contribution in [0.5, 0.6) is 0 Å². The van der Waals surface area contributed by atoms with Crippen LogP contribution in [0.1, 0.15) is 12.8 Å². The molecular weight excluding hydrogens is 148 g/mol. The molecule has 0 saturated carbocycles. The van der Waals surface area contributed by atoms with Crippen LogP contribution in [0.25, 0.3) is 0 Å². The molecular formula is C7H14S2. The minimum atomic E-state index is 0. The third-order valence-electron chi connectivity index (χ3n) is 1.51. The predicted octanol–water partition coefficient (Wildman–Crippen LogP) is 1.53. The molecule has 1 rings (SSSR count). The van der Waals surface area contributed by atoms with Gasteiger partial charge < -0.3 is 0 Å². The summed E-state index contributed by atoms with van der Waals surface area (Å²) in [5.74, 6) is 6.71. The number of rotatable bonds is 1. The summed E-state index contributed by atoms with van der Waals surface area (Å²) in [6, 6.07) is 0. The fourth-order valence-corrected chi connectivity index (χ4v) is 3.21. The largest absolute Gasteiger partial charge is 0.243 e. The van der Waals surface area contributed by atoms with E-state index < -0.39 is 0 Å². The molecule has 1 heterocycles. The van der Waals surface area contributed by atoms with E-state index in [-0.39, 0.29) is 13.5 Å². The predicted molar refractivity (Wildman–Crippen MR) is 52.0 cm³/mol. The Bertz CT molecular complexity index is 98.0. The molecule has 2 heteroatoms. The number of terminal acetylenes is 1. The Morgan fingerprint density at radius 1 is 1.33 bits per heavy atom. The van der Waals surface area contributed by atoms with Gasteiger partial charge in [0.15, 0.2) is 0 Å². The Kier molecular flexibility index (Phi) is 5.22. The van der Waals surface area contributed by atoms with E-state index in [1.54, 1.807) is 0 Å². The van der Waals surface area contributed by atoms with E-state index in [9.17, 15) is 0 Å². The monoisotopic (exact) mass is 162 g/mol. The molecule has 0 aromatic rings. The van der Waals surface area contributed by atoms with Crippen molar-refractivity contribution in [1.29, 1.82) is 0 Å². The highest BCUT2D eigenvalue weighted by Crippen LogP contribution is 2.33. The first-order chi connectivity index (χ1) is 3.93. The Morgan fingerprint density at radius 3 is 2.33 bits per heavy atom. The van der Waals surface area contributed by atoms with Crippen LogP contribution in [0.3, 0.4) is 0 Å². The zero-order valence-electron chi connectivity index (χ0n) is 5.56. The molecule has 0 N–H and O–H groups in total. The minimum Gasteiger partial charge on any atom is -0.243 e. The normalized spacial score (nSPS) is 20.6. The van der Waals surface area contributed by atoms with Gasteiger partial charge in [-0.05, 0) is 24.3 Å². The summed E-state index contributed by atoms with van der Waals surface area (Å²) in [4.78, 5) is 0. The van der Waals surface area contributed by atoms with E-state index in [1.165, 1.54) is 24.3 Å². The molecule has 0 aromatic heterocycles. The summed E-state index contributed by atoms with van der Waals surface area (Å²) in [5, 5.41) is 0. The number of thiol groups is 1. The molecule has 0 aliphatic carbocycles. The van der Waals surface area contributed by atoms with E-state index >= 15 is 0 Å². The maximum Gasteiger partial charge on any atom is 0.0366 e. The Balaban J connectivity index is 0.000000640. The highest BCUT2D eigenvalue weighted by molar-refractivity contribution is 8.17. The standard InChI is InChI=1S/C7H12S.H2S/c1-2-5-8-6-3-4-7-8;/h1,8H,3-7H2;1H2. The highest BCUT2D eigenvalue weighted by atomic mass is 32.2. The summed E-state index contributed by atoms with van der Waals surface area (Å²) < 4.78 is 0. The van der Waals surface area contributed by atoms with Gasteiger partial charge in [0.05, 0.1) is 0 Å². The molecule has 0 radical (unpaired) electrons. The van der Waals surface area contributed by atoms with Gasteiger partial charge in [0.1, 0.15) is 0 Å². The van der Waals surface area contributed by atoms with Crippen LogP contribution in [-0.2, 0) is 0 Å². The van der Waals surface area contributed by atoms with Crippen molar-refractivity contribution in [1.82, 2.24) is 0 Å². The smallest absolute Gasteiger partial charge is 0.0366 e. The molecule has 0 aromatic carbocycles. The number of hydrogen-bond acceptors (Lipinski definition) is 0. The molecule has 1 fully saturated rings. The Hall–Kier alpha value is 0.260. The van der Waals surface area contributed by atoms with Gasteiger partial charge in [-0.1, -0.05) is 5.92 Å². The molecule has 0 bridgehead atoms. The topological polar surface area (TPSA) is 0 Å². The average Bonchev–Trinajstić information content (AvgIpc) is 2.19. The van der Waals surface area contributed by atoms with Crippen molar-refractivity contribution in [3.63, 3.8) is 0 Å². The second-order valence-corrected chi connectivity index (χ2v) is 4.74. The Morgan fingerprint density at radius 2 is 1.89 bits per heavy atom. The quantitative estimate of drug-likeness (QED) is 0.439. The van der Waals surface area contributed by atoms with Crippen LogP contribution in [0.2, 0.25) is 0 Å². The lowest BCUT2D eigenvalue weighted by Crippen LogP contribution is -1.84. The second-order valence-electron chi connectivity index (χ2n) is 2.19. The highest BCUT2D eigenvalue weighted by Gasteiger charge is 2.08. The zero-order valence-corrected chi connectivity index (χ0v) is 7.45. The second kappa shape index (κ2) is 5.08. The van der Waals surface area contributed by atoms with Crippen LogP contribution >= 0.6 is 24.4 Å². The van der Waals surface area contributed by atoms with Gasteiger partial charge >= 0.3 is 0 Å². The summed E-state index contributed by atoms with van der Waals surface area (Å²) in [6.07, 6.45) is 8.05. The van der Waals surface area contributed by atoms with Crippen LogP contribution in [0.4, 0.5) is 0 Å². The first-order valence-corrected chi connectivity index (χ1v) is 4.99. The third-order valence-corrected chi connectivity index (χ3v) is 4.04. The van der Waals surface area contributed by atoms with Crippen molar-refractivity contribution in [3.05, 3.63) is 0 Å². The molecule has 1 aliphatic heterocycles. The molecule has 0 spiro atoms. The zero-order chi connectivity index (χ0) is 5.82. The van der Waals surface area contributed by atoms with Crippen molar-refractivity contribution in [2.24, 2.45) is 0 Å². The average molecular weight is 162 g/mol. The molecule has 54 valence electrons. The summed E-state index contributed by atoms with van der Waals surface area (Å²) in [7, 11) is 0.319. The van der Waals surface area contributed by atoms with Crippen molar-refractivity contribution in [2.45, 2.75) is 12.8 Å². The summed E-state index contributed by atoms with van der Waals surface area (Å²) in [6.45, 7) is 0. The third kappa shape index (κ3) is 3.07. The molecule has 1 saturated heterocycles. The van der Waals surface area contributed by atoms with Crippen molar-refractivity contribution < 1.29 is 0 Å². The van der Waals surface area contributed by atoms with Crippen molar-refractivity contribution in [2.75, 3.05) is 17.3 Å². The molecule has 0 atom stereocenters. The van der Waals surface area contributed by atoms with Gasteiger partial charge in [-0.3, -0.25) is 0 Å². The number of hydrogen-bond donors (Lipinski definition) is 1. The van der Waals surface area contributed by atoms with Crippen molar-refractivity contribution in [3.8, 4) is 12.3 Å². The van der Waals surface area contributed by atoms with E-state index in [0.29, 0.717) is 10.9 Å². The fraction of sp³-hybridized carbons (Fsp3) is 0.714. The molecule has 1 aliphatic rings. The summed E-state index contributed by atoms with van der Waals surface area (Å²) >= 11 is 0. The lowest BCUT2D eigenvalue weighted by Gasteiger charge is -2.06. The molecule has 9 heavy (non-hydrogen) atoms. The van der Waals surface area contributed by atoms with Crippen LogP contribution in [0.15, 0.2) is 0 Å². The molecule has 0 amide bonds. The first kappa shape index (κ1) is 9.26. The maximum absolute atomic E-state index is 5.17. The lowest BCUT2D eigenvalue weighted by molar-refractivity contribution is 0.949. The molecule has 0 unspecified atom stereocenters. The van der Waals surface area contributed by atoms with Gasteiger partial charge in [-0.25, -0.2) is 10.9 Å². The van der Waals surface area contributed by atoms with Crippen LogP contribution < -0.4 is 0 Å². The van der Waals surface area contributed by atoms with Crippen LogP contribution in [-0.4, -0.2) is 17.3 Å². The first-order valence-electron chi connectivity index (χ1n) is 3.09. The molecule has 0 nitrogen and oxygen atoms in total. The fourth-order valence-electron chi connectivity index (χ4n) is 1.07. The van der Waals surface area contributed by atoms with Gasteiger partial charge in [0, 0.05) is 5.75 Å². The van der Waals surface area contributed by atoms with Gasteiger partial charge in [-0.2, -0.15) is 13.5 Å². The van der Waals surface area contributed by atoms with Crippen molar-refractivity contribution >= 4 is 24.4 Å². The van der Waals surface area contributed by atoms with E-state index in [0.717, 1.165) is 5.75 Å². The SMILES string of the molecule is C#CC[SH]1CCCC1.S. The summed E-state index contributed by atoms with van der Waals surface area (Å²) in [5.41, 5.74) is 0. The lowest BCUT2D eigenvalue weighted by atomic mass is 10.4.